The van der Waals surface area contributed by atoms with E-state index < -0.39 is 11.9 Å². The fourth-order valence-corrected chi connectivity index (χ4v) is 1.61. The van der Waals surface area contributed by atoms with E-state index in [4.69, 9.17) is 21.1 Å². The topological polar surface area (TPSA) is 63.3 Å². The van der Waals surface area contributed by atoms with Gasteiger partial charge in [0.2, 0.25) is 0 Å². The summed E-state index contributed by atoms with van der Waals surface area (Å²) in [4.78, 5) is 14.7. The summed E-state index contributed by atoms with van der Waals surface area (Å²) in [5, 5.41) is 9.24. The van der Waals surface area contributed by atoms with Crippen molar-refractivity contribution in [3.05, 3.63) is 29.1 Å². The van der Waals surface area contributed by atoms with E-state index in [1.165, 1.54) is 6.39 Å². The number of aliphatic carboxylic acids is 1. The predicted molar refractivity (Wildman–Crippen MR) is 55.1 cm³/mol. The molecule has 5 heteroatoms. The van der Waals surface area contributed by atoms with Crippen molar-refractivity contribution >= 4 is 28.7 Å². The highest BCUT2D eigenvalue weighted by molar-refractivity contribution is 6.34. The Morgan fingerprint density at radius 2 is 2.33 bits per heavy atom. The van der Waals surface area contributed by atoms with Gasteiger partial charge in [-0.15, -0.1) is 0 Å². The molecular weight excluding hydrogens is 218 g/mol. The largest absolute Gasteiger partial charge is 0.481 e. The quantitative estimate of drug-likeness (QED) is 0.854. The lowest BCUT2D eigenvalue weighted by Gasteiger charge is -2.06. The fourth-order valence-electron chi connectivity index (χ4n) is 1.34. The summed E-state index contributed by atoms with van der Waals surface area (Å²) in [6.45, 7) is 1.60. The van der Waals surface area contributed by atoms with Gasteiger partial charge in [-0.3, -0.25) is 4.79 Å². The van der Waals surface area contributed by atoms with Crippen LogP contribution in [0.1, 0.15) is 18.4 Å². The minimum atomic E-state index is -0.895. The molecule has 0 radical (unpaired) electrons. The van der Waals surface area contributed by atoms with Crippen LogP contribution in [0.4, 0.5) is 0 Å². The van der Waals surface area contributed by atoms with E-state index in [0.717, 1.165) is 0 Å². The number of hydrogen-bond acceptors (Lipinski definition) is 3. The van der Waals surface area contributed by atoms with Gasteiger partial charge in [0, 0.05) is 0 Å². The maximum Gasteiger partial charge on any atom is 0.310 e. The molecule has 15 heavy (non-hydrogen) atoms. The molecule has 0 spiro atoms. The zero-order valence-corrected chi connectivity index (χ0v) is 8.65. The lowest BCUT2D eigenvalue weighted by Crippen LogP contribution is -2.07. The number of hydrogen-bond donors (Lipinski definition) is 1. The van der Waals surface area contributed by atoms with Gasteiger partial charge in [0.05, 0.1) is 10.9 Å². The predicted octanol–water partition coefficient (Wildman–Crippen LogP) is 2.67. The number of oxazole rings is 1. The smallest absolute Gasteiger partial charge is 0.310 e. The minimum absolute atomic E-state index is 0.383. The van der Waals surface area contributed by atoms with Gasteiger partial charge in [0.15, 0.2) is 12.0 Å². The Morgan fingerprint density at radius 3 is 3.00 bits per heavy atom. The second kappa shape index (κ2) is 3.55. The Bertz CT molecular complexity index is 520. The van der Waals surface area contributed by atoms with Gasteiger partial charge in [-0.2, -0.15) is 0 Å². The first-order chi connectivity index (χ1) is 7.09. The van der Waals surface area contributed by atoms with Crippen molar-refractivity contribution < 1.29 is 14.3 Å². The van der Waals surface area contributed by atoms with Crippen molar-refractivity contribution in [1.29, 1.82) is 0 Å². The van der Waals surface area contributed by atoms with E-state index >= 15 is 0 Å². The van der Waals surface area contributed by atoms with E-state index in [2.05, 4.69) is 4.98 Å². The average Bonchev–Trinajstić information content (AvgIpc) is 2.64. The zero-order valence-electron chi connectivity index (χ0n) is 7.90. The third-order valence-corrected chi connectivity index (χ3v) is 2.56. The molecule has 0 amide bonds. The molecule has 0 saturated carbocycles. The number of nitrogens with zero attached hydrogens (tertiary/aromatic N) is 1. The van der Waals surface area contributed by atoms with Crippen LogP contribution < -0.4 is 0 Å². The average molecular weight is 226 g/mol. The molecule has 78 valence electrons. The van der Waals surface area contributed by atoms with Crippen LogP contribution in [0.15, 0.2) is 22.9 Å². The van der Waals surface area contributed by atoms with Gasteiger partial charge in [0.25, 0.3) is 0 Å². The van der Waals surface area contributed by atoms with Gasteiger partial charge >= 0.3 is 5.97 Å². The van der Waals surface area contributed by atoms with Crippen molar-refractivity contribution in [2.75, 3.05) is 0 Å². The van der Waals surface area contributed by atoms with Crippen LogP contribution in [0, 0.1) is 0 Å². The monoisotopic (exact) mass is 225 g/mol. The first kappa shape index (κ1) is 9.98. The molecule has 0 bridgehead atoms. The second-order valence-electron chi connectivity index (χ2n) is 3.26. The molecule has 1 aromatic carbocycles. The van der Waals surface area contributed by atoms with Gasteiger partial charge in [-0.25, -0.2) is 4.98 Å². The Hall–Kier alpha value is -1.55. The summed E-state index contributed by atoms with van der Waals surface area (Å²) >= 11 is 5.93. The number of rotatable bonds is 2. The van der Waals surface area contributed by atoms with Gasteiger partial charge in [-0.05, 0) is 24.6 Å². The van der Waals surface area contributed by atoms with Gasteiger partial charge < -0.3 is 9.52 Å². The highest BCUT2D eigenvalue weighted by Crippen LogP contribution is 2.28. The van der Waals surface area contributed by atoms with Crippen LogP contribution in [0.25, 0.3) is 11.1 Å². The maximum atomic E-state index is 10.8. The number of benzene rings is 1. The molecule has 2 rings (SSSR count). The Morgan fingerprint density at radius 1 is 1.60 bits per heavy atom. The van der Waals surface area contributed by atoms with Crippen LogP contribution in [-0.4, -0.2) is 16.1 Å². The lowest BCUT2D eigenvalue weighted by molar-refractivity contribution is -0.138. The number of halogens is 1. The summed E-state index contributed by atoms with van der Waals surface area (Å²) in [7, 11) is 0. The lowest BCUT2D eigenvalue weighted by atomic mass is 10.0. The molecule has 4 nitrogen and oxygen atoms in total. The van der Waals surface area contributed by atoms with E-state index in [1.807, 2.05) is 0 Å². The molecule has 1 unspecified atom stereocenters. The summed E-state index contributed by atoms with van der Waals surface area (Å²) in [5.41, 5.74) is 1.68. The summed E-state index contributed by atoms with van der Waals surface area (Å²) in [6.07, 6.45) is 1.28. The van der Waals surface area contributed by atoms with E-state index in [0.29, 0.717) is 21.7 Å². The fraction of sp³-hybridized carbons (Fsp3) is 0.200. The molecule has 0 aliphatic heterocycles. The van der Waals surface area contributed by atoms with Crippen LogP contribution in [0.3, 0.4) is 0 Å². The van der Waals surface area contributed by atoms with Crippen molar-refractivity contribution in [3.8, 4) is 0 Å². The number of aromatic nitrogens is 1. The number of carbonyl (C=O) groups is 1. The van der Waals surface area contributed by atoms with Crippen molar-refractivity contribution in [2.45, 2.75) is 12.8 Å². The summed E-state index contributed by atoms with van der Waals surface area (Å²) in [6, 6.07) is 3.26. The molecule has 0 aliphatic carbocycles. The first-order valence-corrected chi connectivity index (χ1v) is 4.73. The van der Waals surface area contributed by atoms with E-state index in [-0.39, 0.29) is 0 Å². The summed E-state index contributed by atoms with van der Waals surface area (Å²) < 4.78 is 5.05. The van der Waals surface area contributed by atoms with E-state index in [1.54, 1.807) is 19.1 Å². The molecule has 2 aromatic rings. The Labute approximate surface area is 90.5 Å². The Balaban J connectivity index is 2.58. The summed E-state index contributed by atoms with van der Waals surface area (Å²) in [5.74, 6) is -1.50. The molecule has 1 N–H and O–H groups in total. The third-order valence-electron chi connectivity index (χ3n) is 2.28. The molecule has 1 aromatic heterocycles. The van der Waals surface area contributed by atoms with Crippen LogP contribution >= 0.6 is 11.6 Å². The molecule has 0 fully saturated rings. The van der Waals surface area contributed by atoms with Crippen LogP contribution in [-0.2, 0) is 4.79 Å². The molecule has 0 aliphatic rings. The molecule has 0 saturated heterocycles. The highest BCUT2D eigenvalue weighted by atomic mass is 35.5. The Kier molecular flexibility index (Phi) is 2.36. The number of carboxylic acids is 1. The molecule has 1 heterocycles. The molecular formula is C10H8ClNO3. The SMILES string of the molecule is CC(C(=O)O)c1cc(Cl)c2ocnc2c1. The van der Waals surface area contributed by atoms with Crippen molar-refractivity contribution in [3.63, 3.8) is 0 Å². The number of carboxylic acid groups (broad SMARTS) is 1. The van der Waals surface area contributed by atoms with Crippen LogP contribution in [0.2, 0.25) is 5.02 Å². The normalized spacial score (nSPS) is 12.9. The van der Waals surface area contributed by atoms with Crippen molar-refractivity contribution in [1.82, 2.24) is 4.98 Å². The standard InChI is InChI=1S/C10H8ClNO3/c1-5(10(13)14)6-2-7(11)9-8(3-6)12-4-15-9/h2-5H,1H3,(H,13,14). The minimum Gasteiger partial charge on any atom is -0.481 e. The van der Waals surface area contributed by atoms with Crippen LogP contribution in [0.5, 0.6) is 0 Å². The van der Waals surface area contributed by atoms with E-state index in [9.17, 15) is 4.79 Å². The molecule has 1 atom stereocenters. The maximum absolute atomic E-state index is 10.8. The number of fused-ring (bicyclic) bond motifs is 1. The third kappa shape index (κ3) is 1.68. The highest BCUT2D eigenvalue weighted by Gasteiger charge is 2.16. The second-order valence-corrected chi connectivity index (χ2v) is 3.67. The zero-order chi connectivity index (χ0) is 11.0. The van der Waals surface area contributed by atoms with Gasteiger partial charge in [-0.1, -0.05) is 11.6 Å². The first-order valence-electron chi connectivity index (χ1n) is 4.35. The van der Waals surface area contributed by atoms with Gasteiger partial charge in [0.1, 0.15) is 5.52 Å². The van der Waals surface area contributed by atoms with Crippen molar-refractivity contribution in [2.24, 2.45) is 0 Å².